The van der Waals surface area contributed by atoms with E-state index in [0.29, 0.717) is 25.6 Å². The van der Waals surface area contributed by atoms with E-state index in [1.165, 1.54) is 0 Å². The molecule has 0 heterocycles. The van der Waals surface area contributed by atoms with Gasteiger partial charge in [-0.25, -0.2) is 0 Å². The molecule has 0 saturated carbocycles. The molecule has 0 aromatic heterocycles. The van der Waals surface area contributed by atoms with Gasteiger partial charge in [0.15, 0.2) is 0 Å². The van der Waals surface area contributed by atoms with Crippen LogP contribution in [0.5, 0.6) is 0 Å². The molecule has 2 amide bonds. The number of nitrogens with zero attached hydrogens (tertiary/aromatic N) is 1. The predicted octanol–water partition coefficient (Wildman–Crippen LogP) is 0.626. The first-order valence-corrected chi connectivity index (χ1v) is 6.54. The van der Waals surface area contributed by atoms with Crippen LogP contribution in [0.4, 0.5) is 0 Å². The summed E-state index contributed by atoms with van der Waals surface area (Å²) in [4.78, 5) is 24.8. The van der Waals surface area contributed by atoms with Gasteiger partial charge in [0.1, 0.15) is 0 Å². The lowest BCUT2D eigenvalue weighted by Crippen LogP contribution is -2.41. The fourth-order valence-electron chi connectivity index (χ4n) is 1.53. The Labute approximate surface area is 110 Å². The number of carbonyl (C=O) groups excluding carboxylic acids is 2. The monoisotopic (exact) mass is 258 g/mol. The number of amides is 2. The van der Waals surface area contributed by atoms with E-state index in [0.717, 1.165) is 0 Å². The summed E-state index contributed by atoms with van der Waals surface area (Å²) < 4.78 is 0. The third-order valence-corrected chi connectivity index (χ3v) is 2.47. The molecule has 0 unspecified atom stereocenters. The first-order chi connectivity index (χ1) is 8.38. The number of aliphatic hydroxyl groups is 1. The Bertz CT molecular complexity index is 265. The molecule has 0 atom stereocenters. The Morgan fingerprint density at radius 3 is 2.28 bits per heavy atom. The molecule has 0 rings (SSSR count). The lowest BCUT2D eigenvalue weighted by atomic mass is 10.2. The summed E-state index contributed by atoms with van der Waals surface area (Å²) in [7, 11) is 0. The number of hydrogen-bond acceptors (Lipinski definition) is 3. The maximum atomic E-state index is 11.7. The van der Waals surface area contributed by atoms with E-state index in [1.807, 2.05) is 27.7 Å². The number of rotatable bonds is 8. The normalized spacial score (nSPS) is 10.8. The van der Waals surface area contributed by atoms with Gasteiger partial charge in [-0.15, -0.1) is 0 Å². The van der Waals surface area contributed by atoms with Crippen molar-refractivity contribution in [2.75, 3.05) is 26.2 Å². The summed E-state index contributed by atoms with van der Waals surface area (Å²) in [5.74, 6) is 0.254. The van der Waals surface area contributed by atoms with Crippen molar-refractivity contribution in [2.24, 2.45) is 11.8 Å². The van der Waals surface area contributed by atoms with Crippen molar-refractivity contribution in [1.82, 2.24) is 10.2 Å². The van der Waals surface area contributed by atoms with Gasteiger partial charge in [0.2, 0.25) is 11.8 Å². The molecule has 106 valence electrons. The second-order valence-electron chi connectivity index (χ2n) is 5.15. The van der Waals surface area contributed by atoms with E-state index in [1.54, 1.807) is 4.90 Å². The average Bonchev–Trinajstić information content (AvgIpc) is 2.27. The van der Waals surface area contributed by atoms with Crippen LogP contribution in [0.1, 0.15) is 34.1 Å². The molecule has 0 aliphatic heterocycles. The molecular formula is C13H26N2O3. The van der Waals surface area contributed by atoms with E-state index in [4.69, 9.17) is 5.11 Å². The molecule has 0 saturated heterocycles. The molecule has 0 bridgehead atoms. The fraction of sp³-hybridized carbons (Fsp3) is 0.846. The lowest BCUT2D eigenvalue weighted by molar-refractivity contribution is -0.133. The highest BCUT2D eigenvalue weighted by atomic mass is 16.3. The van der Waals surface area contributed by atoms with Gasteiger partial charge < -0.3 is 15.3 Å². The first-order valence-electron chi connectivity index (χ1n) is 6.54. The zero-order chi connectivity index (χ0) is 14.1. The van der Waals surface area contributed by atoms with Crippen LogP contribution in [0.25, 0.3) is 0 Å². The minimum absolute atomic E-state index is 0.00546. The van der Waals surface area contributed by atoms with Gasteiger partial charge in [-0.3, -0.25) is 9.59 Å². The molecule has 0 fully saturated rings. The Balaban J connectivity index is 4.16. The van der Waals surface area contributed by atoms with Crippen molar-refractivity contribution in [3.63, 3.8) is 0 Å². The quantitative estimate of drug-likeness (QED) is 0.671. The van der Waals surface area contributed by atoms with Crippen LogP contribution in [-0.2, 0) is 9.59 Å². The maximum Gasteiger partial charge on any atom is 0.224 e. The Morgan fingerprint density at radius 2 is 1.83 bits per heavy atom. The van der Waals surface area contributed by atoms with Crippen molar-refractivity contribution in [3.8, 4) is 0 Å². The average molecular weight is 258 g/mol. The third-order valence-electron chi connectivity index (χ3n) is 2.47. The number of aliphatic hydroxyl groups excluding tert-OH is 1. The number of carbonyl (C=O) groups is 2. The summed E-state index contributed by atoms with van der Waals surface area (Å²) in [5.41, 5.74) is 0. The predicted molar refractivity (Wildman–Crippen MR) is 71.0 cm³/mol. The highest BCUT2D eigenvalue weighted by Gasteiger charge is 2.14. The van der Waals surface area contributed by atoms with Crippen molar-refractivity contribution in [3.05, 3.63) is 0 Å². The van der Waals surface area contributed by atoms with Crippen LogP contribution in [0.3, 0.4) is 0 Å². The minimum atomic E-state index is -0.133. The summed E-state index contributed by atoms with van der Waals surface area (Å²) >= 11 is 0. The van der Waals surface area contributed by atoms with Gasteiger partial charge in [0, 0.05) is 32.0 Å². The molecule has 0 radical (unpaired) electrons. The van der Waals surface area contributed by atoms with Crippen LogP contribution in [-0.4, -0.2) is 48.1 Å². The smallest absolute Gasteiger partial charge is 0.224 e. The summed E-state index contributed by atoms with van der Waals surface area (Å²) in [5, 5.41) is 11.6. The molecule has 5 nitrogen and oxygen atoms in total. The molecule has 0 aromatic rings. The largest absolute Gasteiger partial charge is 0.396 e. The zero-order valence-electron chi connectivity index (χ0n) is 11.9. The number of nitrogens with one attached hydrogen (secondary N) is 1. The van der Waals surface area contributed by atoms with Gasteiger partial charge in [0.05, 0.1) is 6.61 Å². The van der Waals surface area contributed by atoms with Crippen LogP contribution in [0, 0.1) is 11.8 Å². The molecule has 2 N–H and O–H groups in total. The molecule has 5 heteroatoms. The molecule has 18 heavy (non-hydrogen) atoms. The van der Waals surface area contributed by atoms with Crippen molar-refractivity contribution in [1.29, 1.82) is 0 Å². The molecular weight excluding hydrogens is 232 g/mol. The second-order valence-corrected chi connectivity index (χ2v) is 5.15. The zero-order valence-corrected chi connectivity index (χ0v) is 11.9. The summed E-state index contributed by atoms with van der Waals surface area (Å²) in [6.07, 6.45) is 0.144. The molecule has 0 aliphatic carbocycles. The van der Waals surface area contributed by atoms with Crippen molar-refractivity contribution < 1.29 is 14.7 Å². The highest BCUT2D eigenvalue weighted by molar-refractivity contribution is 5.78. The SMILES string of the molecule is CC(C)CN(CCNC(=O)C(C)C)C(=O)CCO. The van der Waals surface area contributed by atoms with E-state index in [9.17, 15) is 9.59 Å². The topological polar surface area (TPSA) is 69.6 Å². The van der Waals surface area contributed by atoms with Crippen LogP contribution < -0.4 is 5.32 Å². The fourth-order valence-corrected chi connectivity index (χ4v) is 1.53. The standard InChI is InChI=1S/C13H26N2O3/c1-10(2)9-15(12(17)5-8-16)7-6-14-13(18)11(3)4/h10-11,16H,5-9H2,1-4H3,(H,14,18). The minimum Gasteiger partial charge on any atom is -0.396 e. The second kappa shape index (κ2) is 8.91. The lowest BCUT2D eigenvalue weighted by Gasteiger charge is -2.24. The molecule has 0 spiro atoms. The molecule has 0 aromatic carbocycles. The Hall–Kier alpha value is -1.10. The Morgan fingerprint density at radius 1 is 1.22 bits per heavy atom. The molecule has 0 aliphatic rings. The third kappa shape index (κ3) is 7.27. The van der Waals surface area contributed by atoms with Gasteiger partial charge in [-0.1, -0.05) is 27.7 Å². The van der Waals surface area contributed by atoms with Crippen molar-refractivity contribution in [2.45, 2.75) is 34.1 Å². The van der Waals surface area contributed by atoms with Crippen LogP contribution in [0.15, 0.2) is 0 Å². The first kappa shape index (κ1) is 16.9. The Kier molecular flexibility index (Phi) is 8.37. The van der Waals surface area contributed by atoms with E-state index in [-0.39, 0.29) is 30.8 Å². The van der Waals surface area contributed by atoms with E-state index < -0.39 is 0 Å². The summed E-state index contributed by atoms with van der Waals surface area (Å²) in [6.45, 7) is 9.20. The van der Waals surface area contributed by atoms with Crippen LogP contribution in [0.2, 0.25) is 0 Å². The van der Waals surface area contributed by atoms with Gasteiger partial charge in [0.25, 0.3) is 0 Å². The van der Waals surface area contributed by atoms with Gasteiger partial charge in [-0.05, 0) is 5.92 Å². The van der Waals surface area contributed by atoms with Gasteiger partial charge in [-0.2, -0.15) is 0 Å². The number of hydrogen-bond donors (Lipinski definition) is 2. The van der Waals surface area contributed by atoms with E-state index >= 15 is 0 Å². The van der Waals surface area contributed by atoms with Crippen molar-refractivity contribution >= 4 is 11.8 Å². The van der Waals surface area contributed by atoms with Crippen LogP contribution >= 0.6 is 0 Å². The summed E-state index contributed by atoms with van der Waals surface area (Å²) in [6, 6.07) is 0. The van der Waals surface area contributed by atoms with Gasteiger partial charge >= 0.3 is 0 Å². The highest BCUT2D eigenvalue weighted by Crippen LogP contribution is 2.01. The maximum absolute atomic E-state index is 11.7. The van der Waals surface area contributed by atoms with E-state index in [2.05, 4.69) is 5.32 Å².